The molecule has 1 aliphatic heterocycles. The minimum Gasteiger partial charge on any atom is -0.367 e. The van der Waals surface area contributed by atoms with E-state index in [9.17, 15) is 14.9 Å². The number of hydrogen-bond acceptors (Lipinski definition) is 6. The number of benzene rings is 3. The first-order valence-electron chi connectivity index (χ1n) is 11.7. The van der Waals surface area contributed by atoms with Gasteiger partial charge in [-0.2, -0.15) is 9.78 Å². The Kier molecular flexibility index (Phi) is 5.82. The van der Waals surface area contributed by atoms with Gasteiger partial charge < -0.3 is 9.80 Å². The number of aromatic nitrogens is 2. The molecule has 8 heteroatoms. The zero-order valence-electron chi connectivity index (χ0n) is 20.1. The third-order valence-electron chi connectivity index (χ3n) is 6.83. The fourth-order valence-electron chi connectivity index (χ4n) is 4.56. The lowest BCUT2D eigenvalue weighted by atomic mass is 10.0. The van der Waals surface area contributed by atoms with Crippen molar-refractivity contribution in [3.05, 3.63) is 92.3 Å². The van der Waals surface area contributed by atoms with Crippen molar-refractivity contribution < 1.29 is 4.92 Å². The summed E-state index contributed by atoms with van der Waals surface area (Å²) in [6.07, 6.45) is 0. The highest BCUT2D eigenvalue weighted by molar-refractivity contribution is 5.94. The van der Waals surface area contributed by atoms with Crippen molar-refractivity contribution in [3.8, 4) is 16.9 Å². The van der Waals surface area contributed by atoms with E-state index in [-0.39, 0.29) is 11.2 Å². The molecular formula is C27H27N5O3. The summed E-state index contributed by atoms with van der Waals surface area (Å²) in [6.45, 7) is 7.34. The van der Waals surface area contributed by atoms with Gasteiger partial charge in [0.25, 0.3) is 11.2 Å². The van der Waals surface area contributed by atoms with Gasteiger partial charge in [0, 0.05) is 49.3 Å². The zero-order chi connectivity index (χ0) is 24.7. The highest BCUT2D eigenvalue weighted by atomic mass is 16.6. The van der Waals surface area contributed by atoms with Gasteiger partial charge in [-0.05, 0) is 50.2 Å². The number of rotatable bonds is 4. The highest BCUT2D eigenvalue weighted by Crippen LogP contribution is 2.31. The average molecular weight is 470 g/mol. The Bertz CT molecular complexity index is 1500. The molecule has 4 aromatic rings. The summed E-state index contributed by atoms with van der Waals surface area (Å²) < 4.78 is 1.34. The van der Waals surface area contributed by atoms with Crippen molar-refractivity contribution in [2.45, 2.75) is 13.8 Å². The molecule has 0 saturated carbocycles. The van der Waals surface area contributed by atoms with Crippen LogP contribution in [0.4, 0.5) is 11.4 Å². The topological polar surface area (TPSA) is 84.5 Å². The van der Waals surface area contributed by atoms with E-state index in [1.165, 1.54) is 22.4 Å². The summed E-state index contributed by atoms with van der Waals surface area (Å²) in [5, 5.41) is 17.7. The van der Waals surface area contributed by atoms with Crippen LogP contribution in [0.2, 0.25) is 0 Å². The van der Waals surface area contributed by atoms with Crippen LogP contribution in [-0.2, 0) is 0 Å². The van der Waals surface area contributed by atoms with Gasteiger partial charge in [0.1, 0.15) is 0 Å². The van der Waals surface area contributed by atoms with E-state index in [1.807, 2.05) is 37.3 Å². The molecule has 1 aliphatic rings. The molecule has 1 aromatic heterocycles. The molecule has 0 unspecified atom stereocenters. The van der Waals surface area contributed by atoms with E-state index in [2.05, 4.69) is 29.8 Å². The Hall–Kier alpha value is -4.04. The molecule has 178 valence electrons. The first-order chi connectivity index (χ1) is 16.8. The highest BCUT2D eigenvalue weighted by Gasteiger charge is 2.23. The minimum atomic E-state index is -0.437. The summed E-state index contributed by atoms with van der Waals surface area (Å²) in [5.74, 6) is 0. The molecule has 0 amide bonds. The molecule has 0 aliphatic carbocycles. The van der Waals surface area contributed by atoms with E-state index in [0.29, 0.717) is 16.8 Å². The van der Waals surface area contributed by atoms with Crippen LogP contribution in [0.3, 0.4) is 0 Å². The Balaban J connectivity index is 1.79. The summed E-state index contributed by atoms with van der Waals surface area (Å²) >= 11 is 0. The Morgan fingerprint density at radius 1 is 0.857 bits per heavy atom. The molecule has 8 nitrogen and oxygen atoms in total. The van der Waals surface area contributed by atoms with Crippen molar-refractivity contribution >= 4 is 22.1 Å². The minimum absolute atomic E-state index is 0.0764. The van der Waals surface area contributed by atoms with Crippen LogP contribution in [0, 0.1) is 24.0 Å². The number of fused-ring (bicyclic) bond motifs is 1. The predicted octanol–water partition coefficient (Wildman–Crippen LogP) is 4.33. The molecule has 2 heterocycles. The largest absolute Gasteiger partial charge is 0.367 e. The van der Waals surface area contributed by atoms with Gasteiger partial charge in [-0.15, -0.1) is 0 Å². The van der Waals surface area contributed by atoms with Crippen LogP contribution in [0.1, 0.15) is 11.1 Å². The van der Waals surface area contributed by atoms with E-state index < -0.39 is 4.92 Å². The number of non-ortho nitro benzene ring substituents is 1. The first-order valence-corrected chi connectivity index (χ1v) is 11.7. The van der Waals surface area contributed by atoms with Crippen LogP contribution >= 0.6 is 0 Å². The van der Waals surface area contributed by atoms with Gasteiger partial charge >= 0.3 is 0 Å². The lowest BCUT2D eigenvalue weighted by Gasteiger charge is -2.35. The first kappa shape index (κ1) is 22.7. The maximum atomic E-state index is 13.7. The number of piperazine rings is 1. The third-order valence-corrected chi connectivity index (χ3v) is 6.83. The molecule has 0 atom stereocenters. The number of likely N-dealkylation sites (N-methyl/N-ethyl adjacent to an activating group) is 1. The summed E-state index contributed by atoms with van der Waals surface area (Å²) in [5.41, 5.74) is 4.66. The molecule has 35 heavy (non-hydrogen) atoms. The number of aryl methyl sites for hydroxylation is 2. The lowest BCUT2D eigenvalue weighted by molar-refractivity contribution is -0.384. The third kappa shape index (κ3) is 4.17. The van der Waals surface area contributed by atoms with Crippen LogP contribution in [-0.4, -0.2) is 52.8 Å². The quantitative estimate of drug-likeness (QED) is 0.327. The zero-order valence-corrected chi connectivity index (χ0v) is 20.1. The van der Waals surface area contributed by atoms with Crippen LogP contribution in [0.25, 0.3) is 27.7 Å². The van der Waals surface area contributed by atoms with E-state index in [4.69, 9.17) is 5.10 Å². The standard InChI is InChI=1S/C27H27N5O3/c1-18-8-9-20(16-19(18)2)26-22-6-4-5-7-23(22)27(33)31(28-26)25-17-21(32(34)35)10-11-24(25)30-14-12-29(3)13-15-30/h4-11,16-17H,12-15H2,1-3H3. The second-order valence-corrected chi connectivity index (χ2v) is 9.13. The van der Waals surface area contributed by atoms with Crippen molar-refractivity contribution in [1.29, 1.82) is 0 Å². The maximum Gasteiger partial charge on any atom is 0.279 e. The van der Waals surface area contributed by atoms with E-state index in [0.717, 1.165) is 48.4 Å². The molecule has 3 aromatic carbocycles. The van der Waals surface area contributed by atoms with Crippen molar-refractivity contribution in [2.24, 2.45) is 0 Å². The van der Waals surface area contributed by atoms with Gasteiger partial charge in [-0.3, -0.25) is 14.9 Å². The van der Waals surface area contributed by atoms with Gasteiger partial charge in [-0.1, -0.05) is 30.3 Å². The number of hydrogen-bond donors (Lipinski definition) is 0. The molecule has 0 radical (unpaired) electrons. The van der Waals surface area contributed by atoms with Crippen molar-refractivity contribution in [1.82, 2.24) is 14.7 Å². The molecule has 5 rings (SSSR count). The fraction of sp³-hybridized carbons (Fsp3) is 0.259. The average Bonchev–Trinajstić information content (AvgIpc) is 2.86. The van der Waals surface area contributed by atoms with E-state index in [1.54, 1.807) is 12.1 Å². The van der Waals surface area contributed by atoms with Crippen molar-refractivity contribution in [3.63, 3.8) is 0 Å². The fourth-order valence-corrected chi connectivity index (χ4v) is 4.56. The normalized spacial score (nSPS) is 14.4. The van der Waals surface area contributed by atoms with E-state index >= 15 is 0 Å². The van der Waals surface area contributed by atoms with Crippen LogP contribution < -0.4 is 10.5 Å². The van der Waals surface area contributed by atoms with Crippen LogP contribution in [0.15, 0.2) is 65.5 Å². The maximum absolute atomic E-state index is 13.7. The Morgan fingerprint density at radius 3 is 2.26 bits per heavy atom. The number of nitro groups is 1. The molecule has 0 N–H and O–H groups in total. The molecular weight excluding hydrogens is 442 g/mol. The molecule has 0 spiro atoms. The monoisotopic (exact) mass is 469 g/mol. The molecule has 1 saturated heterocycles. The number of nitrogens with zero attached hydrogens (tertiary/aromatic N) is 5. The van der Waals surface area contributed by atoms with Gasteiger partial charge in [-0.25, -0.2) is 0 Å². The van der Waals surface area contributed by atoms with Gasteiger partial charge in [0.2, 0.25) is 0 Å². The Labute approximate surface area is 203 Å². The summed E-state index contributed by atoms with van der Waals surface area (Å²) in [6, 6.07) is 18.2. The smallest absolute Gasteiger partial charge is 0.279 e. The summed E-state index contributed by atoms with van der Waals surface area (Å²) in [4.78, 5) is 29.3. The number of nitro benzene ring substituents is 1. The van der Waals surface area contributed by atoms with Gasteiger partial charge in [0.15, 0.2) is 0 Å². The second-order valence-electron chi connectivity index (χ2n) is 9.13. The second kappa shape index (κ2) is 8.96. The van der Waals surface area contributed by atoms with Gasteiger partial charge in [0.05, 0.1) is 27.4 Å². The Morgan fingerprint density at radius 2 is 1.57 bits per heavy atom. The SMILES string of the molecule is Cc1ccc(-c2nn(-c3cc([N+](=O)[O-])ccc3N3CCN(C)CC3)c(=O)c3ccccc23)cc1C. The predicted molar refractivity (Wildman–Crippen MR) is 139 cm³/mol. The summed E-state index contributed by atoms with van der Waals surface area (Å²) in [7, 11) is 2.07. The molecule has 1 fully saturated rings. The van der Waals surface area contributed by atoms with Crippen molar-refractivity contribution in [2.75, 3.05) is 38.1 Å². The lowest BCUT2D eigenvalue weighted by Crippen LogP contribution is -2.45. The van der Waals surface area contributed by atoms with Crippen LogP contribution in [0.5, 0.6) is 0 Å². The number of anilines is 1. The molecule has 0 bridgehead atoms.